The number of nitrogens with zero attached hydrogens (tertiary/aromatic N) is 6. The largest absolute Gasteiger partial charge is 0.492 e. The number of aromatic nitrogens is 7. The van der Waals surface area contributed by atoms with Gasteiger partial charge < -0.3 is 15.0 Å². The number of ether oxygens (including phenoxy) is 1. The number of aromatic amines is 2. The number of anilines is 1. The minimum Gasteiger partial charge on any atom is -0.492 e. The number of hydrogen-bond acceptors (Lipinski definition) is 8. The van der Waals surface area contributed by atoms with Crippen LogP contribution in [0.15, 0.2) is 61.3 Å². The number of benzene rings is 1. The fourth-order valence-corrected chi connectivity index (χ4v) is 7.13. The Labute approximate surface area is 282 Å². The monoisotopic (exact) mass is 659 g/mol. The lowest BCUT2D eigenvalue weighted by atomic mass is 9.87. The van der Waals surface area contributed by atoms with Gasteiger partial charge in [0, 0.05) is 47.9 Å². The zero-order valence-electron chi connectivity index (χ0n) is 27.2. The average Bonchev–Trinajstić information content (AvgIpc) is 3.88. The van der Waals surface area contributed by atoms with Crippen molar-refractivity contribution in [2.45, 2.75) is 51.4 Å². The molecule has 250 valence electrons. The van der Waals surface area contributed by atoms with Crippen LogP contribution < -0.4 is 10.1 Å². The van der Waals surface area contributed by atoms with Gasteiger partial charge in [0.2, 0.25) is 5.91 Å². The zero-order valence-corrected chi connectivity index (χ0v) is 27.2. The molecule has 1 aliphatic carbocycles. The molecule has 1 saturated heterocycles. The maximum atomic E-state index is 14.8. The summed E-state index contributed by atoms with van der Waals surface area (Å²) in [6.07, 6.45) is 17.4. The Morgan fingerprint density at radius 3 is 2.65 bits per heavy atom. The lowest BCUT2D eigenvalue weighted by Crippen LogP contribution is -2.25. The van der Waals surface area contributed by atoms with E-state index in [9.17, 15) is 9.18 Å². The van der Waals surface area contributed by atoms with Crippen molar-refractivity contribution in [1.29, 1.82) is 0 Å². The van der Waals surface area contributed by atoms with Crippen molar-refractivity contribution in [2.24, 2.45) is 5.92 Å². The van der Waals surface area contributed by atoms with E-state index < -0.39 is 0 Å². The molecule has 2 aliphatic rings. The molecule has 0 bridgehead atoms. The molecule has 1 aliphatic heterocycles. The Morgan fingerprint density at radius 2 is 1.78 bits per heavy atom. The normalized spacial score (nSPS) is 15.7. The van der Waals surface area contributed by atoms with Gasteiger partial charge in [-0.15, -0.1) is 0 Å². The Hall–Kier alpha value is -5.23. The highest BCUT2D eigenvalue weighted by atomic mass is 19.1. The first-order valence-corrected chi connectivity index (χ1v) is 17.2. The molecule has 3 N–H and O–H groups in total. The van der Waals surface area contributed by atoms with E-state index in [1.165, 1.54) is 44.2 Å². The molecule has 12 heteroatoms. The molecule has 11 nitrogen and oxygen atoms in total. The molecule has 1 saturated carbocycles. The molecule has 5 aromatic heterocycles. The third kappa shape index (κ3) is 6.86. The van der Waals surface area contributed by atoms with Crippen molar-refractivity contribution >= 4 is 33.5 Å². The van der Waals surface area contributed by atoms with Crippen LogP contribution in [0.2, 0.25) is 0 Å². The molecule has 0 radical (unpaired) electrons. The smallest absolute Gasteiger partial charge is 0.224 e. The first-order valence-electron chi connectivity index (χ1n) is 17.2. The minimum absolute atomic E-state index is 0.0182. The van der Waals surface area contributed by atoms with Crippen LogP contribution in [0, 0.1) is 11.7 Å². The number of fused-ring (bicyclic) bond motifs is 2. The van der Waals surface area contributed by atoms with Gasteiger partial charge in [0.25, 0.3) is 0 Å². The lowest BCUT2D eigenvalue weighted by Gasteiger charge is -2.20. The number of hydrogen-bond donors (Lipinski definition) is 3. The summed E-state index contributed by atoms with van der Waals surface area (Å²) in [5, 5.41) is 11.5. The summed E-state index contributed by atoms with van der Waals surface area (Å²) in [7, 11) is 0. The molecular weight excluding hydrogens is 621 g/mol. The van der Waals surface area contributed by atoms with Crippen molar-refractivity contribution in [3.8, 4) is 39.7 Å². The highest BCUT2D eigenvalue weighted by molar-refractivity contribution is 5.97. The number of rotatable bonds is 10. The number of carbonyl (C=O) groups is 1. The van der Waals surface area contributed by atoms with Gasteiger partial charge in [-0.25, -0.2) is 9.37 Å². The van der Waals surface area contributed by atoms with E-state index in [-0.39, 0.29) is 11.7 Å². The Balaban J connectivity index is 1.05. The maximum absolute atomic E-state index is 14.8. The highest BCUT2D eigenvalue weighted by Crippen LogP contribution is 2.34. The topological polar surface area (TPSA) is 138 Å². The van der Waals surface area contributed by atoms with Crippen LogP contribution in [0.4, 0.5) is 10.1 Å². The Kier molecular flexibility index (Phi) is 8.69. The van der Waals surface area contributed by atoms with Gasteiger partial charge in [-0.2, -0.15) is 5.10 Å². The van der Waals surface area contributed by atoms with E-state index in [0.29, 0.717) is 69.8 Å². The fourth-order valence-electron chi connectivity index (χ4n) is 7.13. The first-order chi connectivity index (χ1) is 24.1. The molecule has 1 aromatic carbocycles. The lowest BCUT2D eigenvalue weighted by molar-refractivity contribution is -0.117. The van der Waals surface area contributed by atoms with Gasteiger partial charge in [-0.3, -0.25) is 29.7 Å². The minimum atomic E-state index is -0.387. The van der Waals surface area contributed by atoms with Crippen LogP contribution in [0.3, 0.4) is 0 Å². The molecule has 49 heavy (non-hydrogen) atoms. The summed E-state index contributed by atoms with van der Waals surface area (Å²) < 4.78 is 20.8. The summed E-state index contributed by atoms with van der Waals surface area (Å²) in [4.78, 5) is 36.8. The van der Waals surface area contributed by atoms with Gasteiger partial charge in [0.05, 0.1) is 46.5 Å². The van der Waals surface area contributed by atoms with Gasteiger partial charge in [-0.1, -0.05) is 19.3 Å². The molecule has 0 spiro atoms. The number of amides is 1. The van der Waals surface area contributed by atoms with E-state index in [0.717, 1.165) is 48.9 Å². The Morgan fingerprint density at radius 1 is 0.918 bits per heavy atom. The molecule has 2 fully saturated rings. The van der Waals surface area contributed by atoms with E-state index in [4.69, 9.17) is 9.72 Å². The number of likely N-dealkylation sites (tertiary alicyclic amines) is 1. The van der Waals surface area contributed by atoms with Gasteiger partial charge >= 0.3 is 0 Å². The maximum Gasteiger partial charge on any atom is 0.224 e. The summed E-state index contributed by atoms with van der Waals surface area (Å²) in [5.41, 5.74) is 6.08. The number of halogens is 1. The van der Waals surface area contributed by atoms with E-state index in [1.807, 2.05) is 18.2 Å². The first kappa shape index (κ1) is 31.1. The molecule has 6 heterocycles. The number of pyridine rings is 3. The molecule has 0 atom stereocenters. The van der Waals surface area contributed by atoms with Gasteiger partial charge in [-0.05, 0) is 74.5 Å². The second-order valence-electron chi connectivity index (χ2n) is 13.1. The molecule has 8 rings (SSSR count). The van der Waals surface area contributed by atoms with Gasteiger partial charge in [0.15, 0.2) is 5.82 Å². The SMILES string of the molecule is O=C(CC1CCCCC1)Nc1cncc(-c2cc3c(-c4nc5c(-c6cc(F)cc(OCCN7CCCC7)c6)cncc5[nH]4)n[nH]c3cn2)c1. The third-order valence-electron chi connectivity index (χ3n) is 9.64. The summed E-state index contributed by atoms with van der Waals surface area (Å²) in [6, 6.07) is 8.54. The molecule has 1 amide bonds. The standard InChI is InChI=1S/C37H38FN9O2/c38-26-13-24(15-28(16-26)49-11-10-47-8-4-5-9-47)30-20-40-21-33-35(30)44-37(43-33)36-29-17-31(41-22-32(29)45-46-36)25-14-27(19-39-18-25)42-34(48)12-23-6-2-1-3-7-23/h13-23H,1-12H2,(H,42,48)(H,43,44)(H,45,46). The van der Waals surface area contributed by atoms with Crippen LogP contribution in [0.25, 0.3) is 55.8 Å². The molecule has 0 unspecified atom stereocenters. The van der Waals surface area contributed by atoms with Crippen LogP contribution >= 0.6 is 0 Å². The van der Waals surface area contributed by atoms with E-state index in [2.05, 4.69) is 40.3 Å². The number of nitrogens with one attached hydrogen (secondary N) is 3. The third-order valence-corrected chi connectivity index (χ3v) is 9.64. The van der Waals surface area contributed by atoms with E-state index in [1.54, 1.807) is 31.0 Å². The van der Waals surface area contributed by atoms with Crippen molar-refractivity contribution in [1.82, 2.24) is 40.0 Å². The summed E-state index contributed by atoms with van der Waals surface area (Å²) >= 11 is 0. The second kappa shape index (κ2) is 13.7. The summed E-state index contributed by atoms with van der Waals surface area (Å²) in [5.74, 6) is 1.09. The quantitative estimate of drug-likeness (QED) is 0.141. The average molecular weight is 660 g/mol. The van der Waals surface area contributed by atoms with Crippen LogP contribution in [-0.4, -0.2) is 72.2 Å². The number of carbonyl (C=O) groups excluding carboxylic acids is 1. The highest BCUT2D eigenvalue weighted by Gasteiger charge is 2.20. The van der Waals surface area contributed by atoms with Crippen molar-refractivity contribution in [2.75, 3.05) is 31.6 Å². The second-order valence-corrected chi connectivity index (χ2v) is 13.1. The molecular formula is C37H38FN9O2. The number of imidazole rings is 1. The van der Waals surface area contributed by atoms with E-state index >= 15 is 0 Å². The summed E-state index contributed by atoms with van der Waals surface area (Å²) in [6.45, 7) is 3.48. The van der Waals surface area contributed by atoms with Crippen molar-refractivity contribution < 1.29 is 13.9 Å². The van der Waals surface area contributed by atoms with Crippen molar-refractivity contribution in [3.63, 3.8) is 0 Å². The number of H-pyrrole nitrogens is 2. The van der Waals surface area contributed by atoms with Gasteiger partial charge in [0.1, 0.15) is 23.9 Å². The van der Waals surface area contributed by atoms with Crippen LogP contribution in [-0.2, 0) is 4.79 Å². The predicted molar refractivity (Wildman–Crippen MR) is 186 cm³/mol. The van der Waals surface area contributed by atoms with Crippen molar-refractivity contribution in [3.05, 3.63) is 67.1 Å². The van der Waals surface area contributed by atoms with Crippen LogP contribution in [0.5, 0.6) is 5.75 Å². The zero-order chi connectivity index (χ0) is 33.2. The Bertz CT molecular complexity index is 2110. The molecule has 6 aromatic rings. The predicted octanol–water partition coefficient (Wildman–Crippen LogP) is 7.15. The van der Waals surface area contributed by atoms with Crippen LogP contribution in [0.1, 0.15) is 51.4 Å². The fraction of sp³-hybridized carbons (Fsp3) is 0.351.